The molecule has 0 radical (unpaired) electrons. The molecule has 2 aliphatic rings. The van der Waals surface area contributed by atoms with Crippen molar-refractivity contribution in [3.05, 3.63) is 23.8 Å². The van der Waals surface area contributed by atoms with Gasteiger partial charge in [0.15, 0.2) is 6.61 Å². The Bertz CT molecular complexity index is 601. The second-order valence-corrected chi connectivity index (χ2v) is 6.18. The molecule has 2 heterocycles. The molecule has 1 aromatic rings. The number of carbonyl (C=O) groups excluding carboxylic acids is 2. The summed E-state index contributed by atoms with van der Waals surface area (Å²) in [6, 6.07) is 5.23. The molecule has 1 aromatic carbocycles. The number of halogens is 1. The predicted octanol–water partition coefficient (Wildman–Crippen LogP) is 1.90. The lowest BCUT2D eigenvalue weighted by Crippen LogP contribution is -2.39. The van der Waals surface area contributed by atoms with Gasteiger partial charge in [-0.05, 0) is 57.0 Å². The van der Waals surface area contributed by atoms with Crippen molar-refractivity contribution < 1.29 is 14.3 Å². The van der Waals surface area contributed by atoms with Gasteiger partial charge in [-0.2, -0.15) is 0 Å². The Kier molecular flexibility index (Phi) is 6.45. The first-order chi connectivity index (χ1) is 11.2. The summed E-state index contributed by atoms with van der Waals surface area (Å²) in [6.07, 6.45) is 3.27. The molecule has 2 aliphatic heterocycles. The molecule has 0 atom stereocenters. The third-order valence-corrected chi connectivity index (χ3v) is 4.56. The Balaban J connectivity index is 0.00000208. The monoisotopic (exact) mass is 353 g/mol. The molecule has 7 heteroatoms. The van der Waals surface area contributed by atoms with Gasteiger partial charge in [-0.1, -0.05) is 0 Å². The van der Waals surface area contributed by atoms with Crippen LogP contribution in [-0.2, 0) is 4.79 Å². The van der Waals surface area contributed by atoms with Gasteiger partial charge in [-0.25, -0.2) is 0 Å². The van der Waals surface area contributed by atoms with Crippen molar-refractivity contribution in [2.75, 3.05) is 38.6 Å². The predicted molar refractivity (Wildman–Crippen MR) is 95.0 cm³/mol. The van der Waals surface area contributed by atoms with Crippen LogP contribution in [0.2, 0.25) is 0 Å². The average Bonchev–Trinajstić information content (AvgIpc) is 2.59. The zero-order chi connectivity index (χ0) is 16.2. The number of amides is 2. The van der Waals surface area contributed by atoms with E-state index in [4.69, 9.17) is 4.74 Å². The molecule has 2 amide bonds. The number of hydrogen-bond acceptors (Lipinski definition) is 4. The van der Waals surface area contributed by atoms with Crippen LogP contribution in [0.4, 0.5) is 5.69 Å². The highest BCUT2D eigenvalue weighted by Gasteiger charge is 2.25. The topological polar surface area (TPSA) is 70.7 Å². The van der Waals surface area contributed by atoms with Crippen molar-refractivity contribution in [3.8, 4) is 5.75 Å². The number of piperidine rings is 1. The summed E-state index contributed by atoms with van der Waals surface area (Å²) < 4.78 is 5.32. The smallest absolute Gasteiger partial charge is 0.262 e. The van der Waals surface area contributed by atoms with Crippen molar-refractivity contribution in [1.82, 2.24) is 10.2 Å². The normalized spacial score (nSPS) is 17.4. The summed E-state index contributed by atoms with van der Waals surface area (Å²) in [6.45, 7) is 2.66. The number of anilines is 1. The van der Waals surface area contributed by atoms with Crippen molar-refractivity contribution in [1.29, 1.82) is 0 Å². The zero-order valence-corrected chi connectivity index (χ0v) is 14.7. The molecule has 0 saturated carbocycles. The number of hydrogen-bond donors (Lipinski definition) is 2. The number of ether oxygens (including phenoxy) is 1. The van der Waals surface area contributed by atoms with Crippen molar-refractivity contribution >= 4 is 29.9 Å². The number of nitrogens with zero attached hydrogens (tertiary/aromatic N) is 1. The first-order valence-electron chi connectivity index (χ1n) is 8.18. The van der Waals surface area contributed by atoms with Crippen LogP contribution < -0.4 is 15.4 Å². The van der Waals surface area contributed by atoms with Gasteiger partial charge in [-0.3, -0.25) is 9.59 Å². The van der Waals surface area contributed by atoms with E-state index in [0.29, 0.717) is 22.9 Å². The third-order valence-electron chi connectivity index (χ3n) is 4.56. The summed E-state index contributed by atoms with van der Waals surface area (Å²) >= 11 is 0. The highest BCUT2D eigenvalue weighted by Crippen LogP contribution is 2.29. The molecular formula is C17H24ClN3O3. The first kappa shape index (κ1) is 18.5. The zero-order valence-electron chi connectivity index (χ0n) is 13.8. The summed E-state index contributed by atoms with van der Waals surface area (Å²) in [5.74, 6) is 1.15. The maximum atomic E-state index is 12.6. The average molecular weight is 354 g/mol. The highest BCUT2D eigenvalue weighted by molar-refractivity contribution is 5.99. The van der Waals surface area contributed by atoms with E-state index in [1.54, 1.807) is 18.2 Å². The van der Waals surface area contributed by atoms with E-state index in [-0.39, 0.29) is 30.8 Å². The van der Waals surface area contributed by atoms with Gasteiger partial charge in [0.05, 0.1) is 5.69 Å². The minimum atomic E-state index is -0.188. The summed E-state index contributed by atoms with van der Waals surface area (Å²) in [4.78, 5) is 25.9. The molecule has 0 spiro atoms. The SMILES string of the molecule is CNCCC1CCN(C(=O)c2ccc3c(c2)NC(=O)CO3)CC1.Cl. The van der Waals surface area contributed by atoms with Crippen LogP contribution in [0.5, 0.6) is 5.75 Å². The fraction of sp³-hybridized carbons (Fsp3) is 0.529. The maximum absolute atomic E-state index is 12.6. The lowest BCUT2D eigenvalue weighted by molar-refractivity contribution is -0.118. The molecule has 132 valence electrons. The van der Waals surface area contributed by atoms with Crippen molar-refractivity contribution in [2.24, 2.45) is 5.92 Å². The van der Waals surface area contributed by atoms with Crippen LogP contribution in [0.15, 0.2) is 18.2 Å². The minimum Gasteiger partial charge on any atom is -0.482 e. The standard InChI is InChI=1S/C17H23N3O3.ClH/c1-18-7-4-12-5-8-20(9-6-12)17(22)13-2-3-15-14(10-13)19-16(21)11-23-15;/h2-3,10,12,18H,4-9,11H2,1H3,(H,19,21);1H. The van der Waals surface area contributed by atoms with E-state index in [1.165, 1.54) is 6.42 Å². The Hall–Kier alpha value is -1.79. The van der Waals surface area contributed by atoms with Gasteiger partial charge in [0, 0.05) is 18.7 Å². The Morgan fingerprint density at radius 3 is 2.83 bits per heavy atom. The largest absolute Gasteiger partial charge is 0.482 e. The van der Waals surface area contributed by atoms with E-state index in [0.717, 1.165) is 32.5 Å². The summed E-state index contributed by atoms with van der Waals surface area (Å²) in [7, 11) is 1.97. The van der Waals surface area contributed by atoms with E-state index in [2.05, 4.69) is 10.6 Å². The van der Waals surface area contributed by atoms with E-state index < -0.39 is 0 Å². The van der Waals surface area contributed by atoms with E-state index in [1.807, 2.05) is 11.9 Å². The summed E-state index contributed by atoms with van der Waals surface area (Å²) in [5, 5.41) is 5.93. The second kappa shape index (κ2) is 8.35. The van der Waals surface area contributed by atoms with Crippen LogP contribution in [0, 0.1) is 5.92 Å². The molecule has 1 saturated heterocycles. The number of nitrogens with one attached hydrogen (secondary N) is 2. The van der Waals surface area contributed by atoms with Crippen LogP contribution in [0.3, 0.4) is 0 Å². The van der Waals surface area contributed by atoms with Crippen molar-refractivity contribution in [3.63, 3.8) is 0 Å². The fourth-order valence-electron chi connectivity index (χ4n) is 3.17. The molecule has 0 bridgehead atoms. The Labute approximate surface area is 148 Å². The lowest BCUT2D eigenvalue weighted by atomic mass is 9.93. The quantitative estimate of drug-likeness (QED) is 0.867. The van der Waals surface area contributed by atoms with Gasteiger partial charge < -0.3 is 20.3 Å². The van der Waals surface area contributed by atoms with Crippen LogP contribution in [0.1, 0.15) is 29.6 Å². The molecule has 3 rings (SSSR count). The van der Waals surface area contributed by atoms with E-state index in [9.17, 15) is 9.59 Å². The Morgan fingerprint density at radius 1 is 1.38 bits per heavy atom. The molecule has 24 heavy (non-hydrogen) atoms. The molecule has 1 fully saturated rings. The van der Waals surface area contributed by atoms with E-state index >= 15 is 0 Å². The summed E-state index contributed by atoms with van der Waals surface area (Å²) in [5.41, 5.74) is 1.18. The number of benzene rings is 1. The lowest BCUT2D eigenvalue weighted by Gasteiger charge is -2.32. The highest BCUT2D eigenvalue weighted by atomic mass is 35.5. The second-order valence-electron chi connectivity index (χ2n) is 6.18. The molecule has 0 aliphatic carbocycles. The van der Waals surface area contributed by atoms with Gasteiger partial charge in [0.25, 0.3) is 11.8 Å². The van der Waals surface area contributed by atoms with Crippen LogP contribution in [-0.4, -0.2) is 50.0 Å². The molecule has 0 unspecified atom stereocenters. The van der Waals surface area contributed by atoms with Gasteiger partial charge in [0.2, 0.25) is 0 Å². The first-order valence-corrected chi connectivity index (χ1v) is 8.18. The maximum Gasteiger partial charge on any atom is 0.262 e. The van der Waals surface area contributed by atoms with Crippen molar-refractivity contribution in [2.45, 2.75) is 19.3 Å². The Morgan fingerprint density at radius 2 is 2.12 bits per heavy atom. The minimum absolute atomic E-state index is 0. The number of likely N-dealkylation sites (tertiary alicyclic amines) is 1. The molecule has 2 N–H and O–H groups in total. The van der Waals surface area contributed by atoms with Crippen LogP contribution >= 0.6 is 12.4 Å². The number of fused-ring (bicyclic) bond motifs is 1. The molecule has 6 nitrogen and oxygen atoms in total. The molecular weight excluding hydrogens is 330 g/mol. The van der Waals surface area contributed by atoms with Crippen LogP contribution in [0.25, 0.3) is 0 Å². The van der Waals surface area contributed by atoms with Gasteiger partial charge in [0.1, 0.15) is 5.75 Å². The molecule has 0 aromatic heterocycles. The fourth-order valence-corrected chi connectivity index (χ4v) is 3.17. The number of carbonyl (C=O) groups is 2. The third kappa shape index (κ3) is 4.19. The van der Waals surface area contributed by atoms with Gasteiger partial charge in [-0.15, -0.1) is 12.4 Å². The van der Waals surface area contributed by atoms with Gasteiger partial charge >= 0.3 is 0 Å². The number of rotatable bonds is 4.